The van der Waals surface area contributed by atoms with Crippen LogP contribution in [-0.2, 0) is 10.0 Å². The van der Waals surface area contributed by atoms with Crippen molar-refractivity contribution in [2.24, 2.45) is 5.73 Å². The van der Waals surface area contributed by atoms with Gasteiger partial charge < -0.3 is 5.73 Å². The number of nitro benzene ring substituents is 1. The molecule has 1 aromatic rings. The molecule has 1 atom stereocenters. The summed E-state index contributed by atoms with van der Waals surface area (Å²) < 4.78 is 52.1. The Morgan fingerprint density at radius 1 is 1.35 bits per heavy atom. The molecular formula is C10H11F2N3O4S. The third kappa shape index (κ3) is 2.49. The van der Waals surface area contributed by atoms with Crippen molar-refractivity contribution in [1.29, 1.82) is 0 Å². The summed E-state index contributed by atoms with van der Waals surface area (Å²) in [6, 6.07) is 0.216. The van der Waals surface area contributed by atoms with Gasteiger partial charge in [-0.25, -0.2) is 12.8 Å². The quantitative estimate of drug-likeness (QED) is 0.650. The monoisotopic (exact) mass is 307 g/mol. The maximum absolute atomic E-state index is 13.6. The lowest BCUT2D eigenvalue weighted by Crippen LogP contribution is -2.32. The predicted octanol–water partition coefficient (Wildman–Crippen LogP) is 0.595. The van der Waals surface area contributed by atoms with Crippen molar-refractivity contribution in [2.75, 3.05) is 13.1 Å². The summed E-state index contributed by atoms with van der Waals surface area (Å²) in [5, 5.41) is 10.6. The molecule has 1 aliphatic heterocycles. The second kappa shape index (κ2) is 5.04. The van der Waals surface area contributed by atoms with E-state index in [1.54, 1.807) is 0 Å². The fourth-order valence-corrected chi connectivity index (χ4v) is 3.54. The molecule has 0 radical (unpaired) electrons. The topological polar surface area (TPSA) is 107 Å². The highest BCUT2D eigenvalue weighted by Gasteiger charge is 2.35. The second-order valence-electron chi connectivity index (χ2n) is 4.40. The van der Waals surface area contributed by atoms with Crippen molar-refractivity contribution >= 4 is 15.7 Å². The lowest BCUT2D eigenvalue weighted by atomic mass is 10.3. The molecule has 0 unspecified atom stereocenters. The zero-order valence-corrected chi connectivity index (χ0v) is 10.9. The van der Waals surface area contributed by atoms with Gasteiger partial charge in [0.05, 0.1) is 4.92 Å². The Hall–Kier alpha value is -1.65. The minimum absolute atomic E-state index is 0.00700. The minimum atomic E-state index is -4.27. The Morgan fingerprint density at radius 3 is 2.50 bits per heavy atom. The fraction of sp³-hybridized carbons (Fsp3) is 0.400. The van der Waals surface area contributed by atoms with Crippen LogP contribution in [0.4, 0.5) is 14.5 Å². The van der Waals surface area contributed by atoms with Crippen LogP contribution in [0.15, 0.2) is 17.0 Å². The minimum Gasteiger partial charge on any atom is -0.326 e. The SMILES string of the molecule is N[C@@H]1CCN(S(=O)(=O)c2cc([N+](=O)[O-])c(F)cc2F)C1. The maximum Gasteiger partial charge on any atom is 0.306 e. The van der Waals surface area contributed by atoms with Gasteiger partial charge in [-0.15, -0.1) is 0 Å². The van der Waals surface area contributed by atoms with E-state index in [0.717, 1.165) is 4.31 Å². The number of nitro groups is 1. The van der Waals surface area contributed by atoms with Crippen molar-refractivity contribution in [2.45, 2.75) is 17.4 Å². The van der Waals surface area contributed by atoms with Crippen LogP contribution < -0.4 is 5.73 Å². The number of nitrogens with zero attached hydrogens (tertiary/aromatic N) is 2. The number of benzene rings is 1. The van der Waals surface area contributed by atoms with E-state index in [-0.39, 0.29) is 25.2 Å². The average molecular weight is 307 g/mol. The number of sulfonamides is 1. The first-order valence-electron chi connectivity index (χ1n) is 5.62. The van der Waals surface area contributed by atoms with Gasteiger partial charge in [-0.2, -0.15) is 8.70 Å². The van der Waals surface area contributed by atoms with Crippen LogP contribution in [0, 0.1) is 21.7 Å². The molecule has 1 heterocycles. The standard InChI is InChI=1S/C10H11F2N3O4S/c11-7-3-8(12)10(4-9(7)15(16)17)20(18,19)14-2-1-6(13)5-14/h3-4,6H,1-2,5,13H2/t6-/m1/s1. The smallest absolute Gasteiger partial charge is 0.306 e. The molecule has 7 nitrogen and oxygen atoms in total. The highest BCUT2D eigenvalue weighted by Crippen LogP contribution is 2.28. The summed E-state index contributed by atoms with van der Waals surface area (Å²) >= 11 is 0. The summed E-state index contributed by atoms with van der Waals surface area (Å²) in [6.45, 7) is 0.0844. The lowest BCUT2D eigenvalue weighted by Gasteiger charge is -2.16. The van der Waals surface area contributed by atoms with Gasteiger partial charge in [0.25, 0.3) is 0 Å². The highest BCUT2D eigenvalue weighted by molar-refractivity contribution is 7.89. The molecule has 0 bridgehead atoms. The Balaban J connectivity index is 2.51. The molecule has 2 rings (SSSR count). The number of hydrogen-bond acceptors (Lipinski definition) is 5. The van der Waals surface area contributed by atoms with Gasteiger partial charge in [0.1, 0.15) is 10.7 Å². The van der Waals surface area contributed by atoms with E-state index in [2.05, 4.69) is 0 Å². The Kier molecular flexibility index (Phi) is 3.71. The van der Waals surface area contributed by atoms with Gasteiger partial charge in [0.15, 0.2) is 0 Å². The van der Waals surface area contributed by atoms with E-state index in [1.807, 2.05) is 0 Å². The molecule has 0 aliphatic carbocycles. The van der Waals surface area contributed by atoms with E-state index >= 15 is 0 Å². The van der Waals surface area contributed by atoms with Gasteiger partial charge in [0, 0.05) is 31.3 Å². The van der Waals surface area contributed by atoms with Crippen molar-refractivity contribution in [1.82, 2.24) is 4.31 Å². The molecule has 0 saturated carbocycles. The third-order valence-electron chi connectivity index (χ3n) is 3.00. The van der Waals surface area contributed by atoms with Crippen molar-refractivity contribution in [3.63, 3.8) is 0 Å². The summed E-state index contributed by atoms with van der Waals surface area (Å²) in [7, 11) is -4.27. The molecule has 1 aliphatic rings. The number of halogens is 2. The molecule has 2 N–H and O–H groups in total. The van der Waals surface area contributed by atoms with Crippen LogP contribution in [0.2, 0.25) is 0 Å². The van der Waals surface area contributed by atoms with Gasteiger partial charge in [0.2, 0.25) is 15.8 Å². The molecule has 0 amide bonds. The molecule has 1 fully saturated rings. The van der Waals surface area contributed by atoms with E-state index in [4.69, 9.17) is 5.73 Å². The van der Waals surface area contributed by atoms with Crippen LogP contribution in [-0.4, -0.2) is 36.8 Å². The van der Waals surface area contributed by atoms with Crippen LogP contribution in [0.5, 0.6) is 0 Å². The number of nitrogens with two attached hydrogens (primary N) is 1. The van der Waals surface area contributed by atoms with Crippen LogP contribution in [0.25, 0.3) is 0 Å². The second-order valence-corrected chi connectivity index (χ2v) is 6.31. The number of rotatable bonds is 3. The lowest BCUT2D eigenvalue weighted by molar-refractivity contribution is -0.387. The van der Waals surface area contributed by atoms with Crippen molar-refractivity contribution in [3.8, 4) is 0 Å². The van der Waals surface area contributed by atoms with Crippen molar-refractivity contribution in [3.05, 3.63) is 33.9 Å². The maximum atomic E-state index is 13.6. The normalized spacial score (nSPS) is 20.2. The van der Waals surface area contributed by atoms with Crippen LogP contribution >= 0.6 is 0 Å². The van der Waals surface area contributed by atoms with Gasteiger partial charge >= 0.3 is 5.69 Å². The van der Waals surface area contributed by atoms with E-state index in [0.29, 0.717) is 12.5 Å². The summed E-state index contributed by atoms with van der Waals surface area (Å²) in [6.07, 6.45) is 0.407. The van der Waals surface area contributed by atoms with Crippen LogP contribution in [0.3, 0.4) is 0 Å². The molecule has 0 aromatic heterocycles. The third-order valence-corrected chi connectivity index (χ3v) is 4.88. The molecule has 110 valence electrons. The molecule has 1 saturated heterocycles. The van der Waals surface area contributed by atoms with Gasteiger partial charge in [-0.3, -0.25) is 10.1 Å². The Morgan fingerprint density at radius 2 is 2.00 bits per heavy atom. The summed E-state index contributed by atoms with van der Waals surface area (Å²) in [5.41, 5.74) is 4.48. The van der Waals surface area contributed by atoms with Crippen molar-refractivity contribution < 1.29 is 22.1 Å². The zero-order valence-electron chi connectivity index (χ0n) is 10.1. The molecule has 0 spiro atoms. The predicted molar refractivity (Wildman–Crippen MR) is 64.4 cm³/mol. The first-order valence-corrected chi connectivity index (χ1v) is 7.06. The molecular weight excluding hydrogens is 296 g/mol. The summed E-state index contributed by atoms with van der Waals surface area (Å²) in [5.74, 6) is -2.79. The Labute approximate surface area is 113 Å². The fourth-order valence-electron chi connectivity index (χ4n) is 1.97. The molecule has 20 heavy (non-hydrogen) atoms. The summed E-state index contributed by atoms with van der Waals surface area (Å²) in [4.78, 5) is 8.58. The first kappa shape index (κ1) is 14.8. The van der Waals surface area contributed by atoms with Crippen LogP contribution in [0.1, 0.15) is 6.42 Å². The Bertz CT molecular complexity index is 665. The van der Waals surface area contributed by atoms with Gasteiger partial charge in [-0.1, -0.05) is 0 Å². The average Bonchev–Trinajstić information content (AvgIpc) is 2.75. The molecule has 10 heteroatoms. The molecule has 1 aromatic carbocycles. The van der Waals surface area contributed by atoms with E-state index in [9.17, 15) is 27.3 Å². The highest BCUT2D eigenvalue weighted by atomic mass is 32.2. The first-order chi connectivity index (χ1) is 9.23. The van der Waals surface area contributed by atoms with Gasteiger partial charge in [-0.05, 0) is 6.42 Å². The largest absolute Gasteiger partial charge is 0.326 e. The van der Waals surface area contributed by atoms with E-state index < -0.39 is 37.2 Å². The zero-order chi connectivity index (χ0) is 15.1. The number of hydrogen-bond donors (Lipinski definition) is 1. The van der Waals surface area contributed by atoms with E-state index in [1.165, 1.54) is 0 Å².